The molecular weight excluding hydrogens is 372 g/mol. The Morgan fingerprint density at radius 3 is 2.40 bits per heavy atom. The molecular formula is C25H43N4O+. The van der Waals surface area contributed by atoms with Crippen LogP contribution in [0.1, 0.15) is 85.0 Å². The van der Waals surface area contributed by atoms with Crippen molar-refractivity contribution in [3.8, 4) is 0 Å². The first-order valence-corrected chi connectivity index (χ1v) is 12.7. The number of rotatable bonds is 3. The van der Waals surface area contributed by atoms with Crippen molar-refractivity contribution < 1.29 is 9.80 Å². The minimum atomic E-state index is -0.408. The van der Waals surface area contributed by atoms with Crippen molar-refractivity contribution in [2.75, 3.05) is 6.54 Å². The van der Waals surface area contributed by atoms with Crippen LogP contribution in [-0.2, 0) is 0 Å². The number of amidine groups is 1. The topological polar surface area (TPSA) is 85.5 Å². The highest BCUT2D eigenvalue weighted by atomic mass is 16.3. The summed E-state index contributed by atoms with van der Waals surface area (Å²) in [5.41, 5.74) is 0.118. The fourth-order valence-electron chi connectivity index (χ4n) is 9.29. The van der Waals surface area contributed by atoms with Crippen LogP contribution in [0.5, 0.6) is 0 Å². The van der Waals surface area contributed by atoms with Crippen molar-refractivity contribution in [3.05, 3.63) is 0 Å². The van der Waals surface area contributed by atoms with E-state index in [1.54, 1.807) is 11.6 Å². The SMILES string of the molecule is CC(=N)[N+](CC1CC1[C@H]1CC[C@H]2[C@@H]3CC[C@@H]4C[C@](C)(O)CC[C@@H]4C3CC[C@]12C)=NN. The summed E-state index contributed by atoms with van der Waals surface area (Å²) in [4.78, 5) is 0. The van der Waals surface area contributed by atoms with E-state index < -0.39 is 5.60 Å². The van der Waals surface area contributed by atoms with Crippen LogP contribution in [0.2, 0.25) is 0 Å². The quantitative estimate of drug-likeness (QED) is 0.152. The van der Waals surface area contributed by atoms with Gasteiger partial charge < -0.3 is 5.11 Å². The Labute approximate surface area is 182 Å². The lowest BCUT2D eigenvalue weighted by Gasteiger charge is -2.57. The predicted molar refractivity (Wildman–Crippen MR) is 118 cm³/mol. The predicted octanol–water partition coefficient (Wildman–Crippen LogP) is 4.98. The van der Waals surface area contributed by atoms with Gasteiger partial charge in [0.15, 0.2) is 0 Å². The van der Waals surface area contributed by atoms with Gasteiger partial charge in [-0.25, -0.2) is 5.84 Å². The molecule has 5 heteroatoms. The molecule has 0 bridgehead atoms. The standard InChI is InChI=1S/C25H42N4O/c1-15(26)29(28-27)14-17-12-21(17)23-7-6-22-20-5-4-16-13-24(2,30)10-8-18(16)19(20)9-11-25(22,23)3/h16-23,26-27,30H,4-14H2,1-3H3/p+1/t16-,17?,18+,19?,20-,21?,22+,23-,24-,25+/m1/s1. The highest BCUT2D eigenvalue weighted by molar-refractivity contribution is 5.66. The van der Waals surface area contributed by atoms with Crippen LogP contribution < -0.4 is 5.84 Å². The van der Waals surface area contributed by atoms with Crippen molar-refractivity contribution in [2.45, 2.75) is 90.6 Å². The first kappa shape index (κ1) is 20.9. The summed E-state index contributed by atoms with van der Waals surface area (Å²) in [5, 5.41) is 22.3. The van der Waals surface area contributed by atoms with Gasteiger partial charge in [-0.2, -0.15) is 5.41 Å². The van der Waals surface area contributed by atoms with Crippen LogP contribution >= 0.6 is 0 Å². The highest BCUT2D eigenvalue weighted by Crippen LogP contribution is 2.68. The minimum absolute atomic E-state index is 0.408. The van der Waals surface area contributed by atoms with E-state index in [0.29, 0.717) is 17.2 Å². The molecule has 168 valence electrons. The zero-order chi connectivity index (χ0) is 21.3. The number of nitrogens with one attached hydrogen (secondary N) is 1. The van der Waals surface area contributed by atoms with Crippen LogP contribution in [0.25, 0.3) is 0 Å². The third-order valence-electron chi connectivity index (χ3n) is 10.7. The van der Waals surface area contributed by atoms with E-state index in [4.69, 9.17) is 11.3 Å². The van der Waals surface area contributed by atoms with Gasteiger partial charge in [0.05, 0.1) is 12.1 Å². The van der Waals surface area contributed by atoms with Gasteiger partial charge in [0.25, 0.3) is 0 Å². The minimum Gasteiger partial charge on any atom is -0.390 e. The average Bonchev–Trinajstić information content (AvgIpc) is 3.35. The van der Waals surface area contributed by atoms with Crippen molar-refractivity contribution in [2.24, 2.45) is 63.8 Å². The number of nitrogens with two attached hydrogens (primary N) is 1. The Balaban J connectivity index is 1.27. The molecule has 0 amide bonds. The normalized spacial score (nSPS) is 52.9. The van der Waals surface area contributed by atoms with Gasteiger partial charge >= 0.3 is 0 Å². The fraction of sp³-hybridized carbons (Fsp3) is 0.960. The maximum Gasteiger partial charge on any atom is 0.245 e. The molecule has 5 saturated carbocycles. The lowest BCUT2D eigenvalue weighted by Crippen LogP contribution is -2.50. The zero-order valence-corrected chi connectivity index (χ0v) is 19.3. The average molecular weight is 416 g/mol. The van der Waals surface area contributed by atoms with E-state index in [9.17, 15) is 5.11 Å². The van der Waals surface area contributed by atoms with Gasteiger partial charge in [-0.15, -0.1) is 4.70 Å². The monoisotopic (exact) mass is 415 g/mol. The summed E-state index contributed by atoms with van der Waals surface area (Å²) in [7, 11) is 0. The van der Waals surface area contributed by atoms with Crippen LogP contribution in [0.3, 0.4) is 0 Å². The fourth-order valence-corrected chi connectivity index (χ4v) is 9.29. The summed E-state index contributed by atoms with van der Waals surface area (Å²) in [6.45, 7) is 7.33. The van der Waals surface area contributed by atoms with Gasteiger partial charge in [-0.3, -0.25) is 0 Å². The molecule has 5 rings (SSSR count). The van der Waals surface area contributed by atoms with E-state index in [-0.39, 0.29) is 0 Å². The summed E-state index contributed by atoms with van der Waals surface area (Å²) in [6.07, 6.45) is 13.1. The largest absolute Gasteiger partial charge is 0.390 e. The third-order valence-corrected chi connectivity index (χ3v) is 10.7. The number of hydrogen-bond donors (Lipinski definition) is 3. The number of nitrogens with zero attached hydrogens (tertiary/aromatic N) is 2. The van der Waals surface area contributed by atoms with Gasteiger partial charge in [0.2, 0.25) is 5.84 Å². The Kier molecular flexibility index (Phi) is 5.07. The maximum absolute atomic E-state index is 10.6. The van der Waals surface area contributed by atoms with E-state index >= 15 is 0 Å². The molecule has 0 spiro atoms. The smallest absolute Gasteiger partial charge is 0.245 e. The first-order chi connectivity index (χ1) is 14.2. The molecule has 5 nitrogen and oxygen atoms in total. The molecule has 0 aromatic heterocycles. The van der Waals surface area contributed by atoms with Gasteiger partial charge in [0, 0.05) is 12.1 Å². The molecule has 10 atom stereocenters. The molecule has 0 aromatic carbocycles. The molecule has 5 aliphatic carbocycles. The molecule has 5 fully saturated rings. The van der Waals surface area contributed by atoms with Crippen LogP contribution in [0, 0.1) is 58.2 Å². The second-order valence-corrected chi connectivity index (χ2v) is 12.3. The van der Waals surface area contributed by atoms with Gasteiger partial charge in [0.1, 0.15) is 0 Å². The Morgan fingerprint density at radius 2 is 1.70 bits per heavy atom. The van der Waals surface area contributed by atoms with Crippen LogP contribution in [0.15, 0.2) is 5.22 Å². The number of fused-ring (bicyclic) bond motifs is 5. The second kappa shape index (κ2) is 7.28. The lowest BCUT2D eigenvalue weighted by molar-refractivity contribution is -0.491. The number of aliphatic hydroxyl groups is 1. The summed E-state index contributed by atoms with van der Waals surface area (Å²) in [5.74, 6) is 12.8. The van der Waals surface area contributed by atoms with E-state index in [1.165, 1.54) is 51.4 Å². The number of hydrogen-bond acceptors (Lipinski definition) is 3. The third kappa shape index (κ3) is 3.34. The van der Waals surface area contributed by atoms with Crippen LogP contribution in [0.4, 0.5) is 0 Å². The van der Waals surface area contributed by atoms with Crippen molar-refractivity contribution >= 4 is 5.84 Å². The molecule has 0 aliphatic heterocycles. The highest BCUT2D eigenvalue weighted by Gasteiger charge is 2.61. The summed E-state index contributed by atoms with van der Waals surface area (Å²) >= 11 is 0. The second-order valence-electron chi connectivity index (χ2n) is 12.3. The first-order valence-electron chi connectivity index (χ1n) is 12.7. The van der Waals surface area contributed by atoms with Gasteiger partial charge in [-0.05, 0) is 124 Å². The Hall–Kier alpha value is -0.970. The summed E-state index contributed by atoms with van der Waals surface area (Å²) in [6, 6.07) is 0. The molecule has 3 unspecified atom stereocenters. The van der Waals surface area contributed by atoms with E-state index in [0.717, 1.165) is 60.8 Å². The van der Waals surface area contributed by atoms with Crippen molar-refractivity contribution in [3.63, 3.8) is 0 Å². The zero-order valence-electron chi connectivity index (χ0n) is 19.3. The molecule has 30 heavy (non-hydrogen) atoms. The van der Waals surface area contributed by atoms with E-state index in [2.05, 4.69) is 19.1 Å². The summed E-state index contributed by atoms with van der Waals surface area (Å²) < 4.78 is 1.69. The van der Waals surface area contributed by atoms with Crippen LogP contribution in [-0.4, -0.2) is 27.8 Å². The van der Waals surface area contributed by atoms with Crippen molar-refractivity contribution in [1.29, 1.82) is 5.41 Å². The Morgan fingerprint density at radius 1 is 1.00 bits per heavy atom. The Bertz CT molecular complexity index is 733. The molecule has 4 N–H and O–H groups in total. The van der Waals surface area contributed by atoms with Gasteiger partial charge in [-0.1, -0.05) is 6.92 Å². The van der Waals surface area contributed by atoms with Crippen molar-refractivity contribution in [1.82, 2.24) is 0 Å². The molecule has 0 aromatic rings. The molecule has 0 radical (unpaired) electrons. The molecule has 5 aliphatic rings. The maximum atomic E-state index is 10.6. The molecule has 0 heterocycles. The lowest BCUT2D eigenvalue weighted by atomic mass is 9.49. The molecule has 0 saturated heterocycles. The van der Waals surface area contributed by atoms with E-state index in [1.807, 2.05) is 0 Å².